The lowest BCUT2D eigenvalue weighted by atomic mass is 10.1. The Balaban J connectivity index is 1.86. The number of amides is 1. The van der Waals surface area contributed by atoms with Crippen molar-refractivity contribution >= 4 is 11.9 Å². The standard InChI is InChI=1S/C19H22N2O3/c1-19(2,3)24-17(22)10-12-21-18(23)15-8-6-14(7-9-15)16-5-4-11-20-13-16/h4-9,11,13H,10,12H2,1-3H3,(H,21,23). The summed E-state index contributed by atoms with van der Waals surface area (Å²) in [6.45, 7) is 5.69. The Bertz CT molecular complexity index is 689. The molecule has 0 bridgehead atoms. The third-order valence-corrected chi connectivity index (χ3v) is 3.18. The van der Waals surface area contributed by atoms with E-state index in [0.29, 0.717) is 5.56 Å². The number of carbonyl (C=O) groups excluding carboxylic acids is 2. The number of benzene rings is 1. The summed E-state index contributed by atoms with van der Waals surface area (Å²) in [5.41, 5.74) is 2.03. The van der Waals surface area contributed by atoms with Crippen molar-refractivity contribution < 1.29 is 14.3 Å². The third kappa shape index (κ3) is 5.50. The molecule has 1 aromatic heterocycles. The first-order valence-corrected chi connectivity index (χ1v) is 7.86. The smallest absolute Gasteiger partial charge is 0.308 e. The molecule has 126 valence electrons. The Hall–Kier alpha value is -2.69. The van der Waals surface area contributed by atoms with Crippen molar-refractivity contribution in [2.24, 2.45) is 0 Å². The highest BCUT2D eigenvalue weighted by molar-refractivity contribution is 5.94. The third-order valence-electron chi connectivity index (χ3n) is 3.18. The molecule has 24 heavy (non-hydrogen) atoms. The first-order chi connectivity index (χ1) is 11.3. The number of nitrogens with zero attached hydrogens (tertiary/aromatic N) is 1. The van der Waals surface area contributed by atoms with Gasteiger partial charge in [-0.15, -0.1) is 0 Å². The van der Waals surface area contributed by atoms with E-state index in [9.17, 15) is 9.59 Å². The fourth-order valence-corrected chi connectivity index (χ4v) is 2.12. The number of ether oxygens (including phenoxy) is 1. The van der Waals surface area contributed by atoms with Gasteiger partial charge in [0.2, 0.25) is 0 Å². The second-order valence-electron chi connectivity index (χ2n) is 6.41. The van der Waals surface area contributed by atoms with E-state index in [-0.39, 0.29) is 24.8 Å². The van der Waals surface area contributed by atoms with E-state index in [2.05, 4.69) is 10.3 Å². The van der Waals surface area contributed by atoms with E-state index in [4.69, 9.17) is 4.74 Å². The van der Waals surface area contributed by atoms with Crippen molar-refractivity contribution in [1.29, 1.82) is 0 Å². The first kappa shape index (κ1) is 17.7. The van der Waals surface area contributed by atoms with Gasteiger partial charge in [-0.3, -0.25) is 14.6 Å². The minimum absolute atomic E-state index is 0.150. The predicted molar refractivity (Wildman–Crippen MR) is 92.5 cm³/mol. The summed E-state index contributed by atoms with van der Waals surface area (Å²) in [6.07, 6.45) is 3.64. The van der Waals surface area contributed by atoms with Gasteiger partial charge in [0.15, 0.2) is 0 Å². The second kappa shape index (κ2) is 7.73. The van der Waals surface area contributed by atoms with E-state index < -0.39 is 5.60 Å². The molecule has 0 spiro atoms. The van der Waals surface area contributed by atoms with Crippen LogP contribution in [-0.4, -0.2) is 29.0 Å². The summed E-state index contributed by atoms with van der Waals surface area (Å²) in [5.74, 6) is -0.536. The van der Waals surface area contributed by atoms with Crippen LogP contribution >= 0.6 is 0 Å². The van der Waals surface area contributed by atoms with Gasteiger partial charge in [0, 0.05) is 24.5 Å². The van der Waals surface area contributed by atoms with Gasteiger partial charge in [0.25, 0.3) is 5.91 Å². The van der Waals surface area contributed by atoms with Crippen molar-refractivity contribution in [3.05, 3.63) is 54.4 Å². The van der Waals surface area contributed by atoms with Gasteiger partial charge in [-0.1, -0.05) is 18.2 Å². The molecule has 0 aliphatic rings. The summed E-state index contributed by atoms with van der Waals surface area (Å²) >= 11 is 0. The molecular weight excluding hydrogens is 304 g/mol. The molecule has 1 N–H and O–H groups in total. The average Bonchev–Trinajstić information content (AvgIpc) is 2.54. The topological polar surface area (TPSA) is 68.3 Å². The monoisotopic (exact) mass is 326 g/mol. The van der Waals surface area contributed by atoms with Crippen LogP contribution in [0.1, 0.15) is 37.6 Å². The molecule has 0 atom stereocenters. The predicted octanol–water partition coefficient (Wildman–Crippen LogP) is 3.21. The minimum atomic E-state index is -0.511. The number of rotatable bonds is 5. The lowest BCUT2D eigenvalue weighted by molar-refractivity contribution is -0.154. The number of aromatic nitrogens is 1. The van der Waals surface area contributed by atoms with Crippen LogP contribution in [0, 0.1) is 0 Å². The zero-order valence-corrected chi connectivity index (χ0v) is 14.2. The van der Waals surface area contributed by atoms with E-state index in [1.807, 2.05) is 45.0 Å². The molecule has 0 saturated heterocycles. The Labute approximate surface area is 142 Å². The van der Waals surface area contributed by atoms with E-state index in [0.717, 1.165) is 11.1 Å². The lowest BCUT2D eigenvalue weighted by Gasteiger charge is -2.19. The maximum atomic E-state index is 12.1. The minimum Gasteiger partial charge on any atom is -0.460 e. The number of nitrogens with one attached hydrogen (secondary N) is 1. The summed E-state index contributed by atoms with van der Waals surface area (Å²) in [7, 11) is 0. The number of hydrogen-bond donors (Lipinski definition) is 1. The van der Waals surface area contributed by atoms with Crippen LogP contribution in [0.4, 0.5) is 0 Å². The van der Waals surface area contributed by atoms with Crippen molar-refractivity contribution in [3.63, 3.8) is 0 Å². The van der Waals surface area contributed by atoms with Crippen LogP contribution in [0.25, 0.3) is 11.1 Å². The van der Waals surface area contributed by atoms with Crippen LogP contribution in [0.3, 0.4) is 0 Å². The number of pyridine rings is 1. The zero-order chi connectivity index (χ0) is 17.6. The molecule has 1 heterocycles. The van der Waals surface area contributed by atoms with Gasteiger partial charge in [0.05, 0.1) is 6.42 Å². The number of hydrogen-bond acceptors (Lipinski definition) is 4. The highest BCUT2D eigenvalue weighted by Gasteiger charge is 2.16. The molecular formula is C19H22N2O3. The fraction of sp³-hybridized carbons (Fsp3) is 0.316. The van der Waals surface area contributed by atoms with E-state index in [1.165, 1.54) is 0 Å². The Kier molecular flexibility index (Phi) is 5.68. The molecule has 0 radical (unpaired) electrons. The molecule has 0 aliphatic carbocycles. The van der Waals surface area contributed by atoms with Crippen molar-refractivity contribution in [1.82, 2.24) is 10.3 Å². The maximum Gasteiger partial charge on any atom is 0.308 e. The van der Waals surface area contributed by atoms with Crippen molar-refractivity contribution in [3.8, 4) is 11.1 Å². The van der Waals surface area contributed by atoms with Crippen LogP contribution in [0.15, 0.2) is 48.8 Å². The van der Waals surface area contributed by atoms with Gasteiger partial charge < -0.3 is 10.1 Å². The van der Waals surface area contributed by atoms with E-state index in [1.54, 1.807) is 24.5 Å². The van der Waals surface area contributed by atoms with Gasteiger partial charge in [-0.2, -0.15) is 0 Å². The Morgan fingerprint density at radius 2 is 1.79 bits per heavy atom. The maximum absolute atomic E-state index is 12.1. The number of esters is 1. The van der Waals surface area contributed by atoms with Gasteiger partial charge in [-0.05, 0) is 50.1 Å². The summed E-state index contributed by atoms with van der Waals surface area (Å²) in [5, 5.41) is 2.72. The fourth-order valence-electron chi connectivity index (χ4n) is 2.12. The normalized spacial score (nSPS) is 11.0. The average molecular weight is 326 g/mol. The molecule has 0 aliphatic heterocycles. The Morgan fingerprint density at radius 3 is 2.38 bits per heavy atom. The zero-order valence-electron chi connectivity index (χ0n) is 14.2. The van der Waals surface area contributed by atoms with Gasteiger partial charge in [-0.25, -0.2) is 0 Å². The summed E-state index contributed by atoms with van der Waals surface area (Å²) in [4.78, 5) is 27.8. The largest absolute Gasteiger partial charge is 0.460 e. The summed E-state index contributed by atoms with van der Waals surface area (Å²) in [6, 6.07) is 11.1. The van der Waals surface area contributed by atoms with Crippen molar-refractivity contribution in [2.75, 3.05) is 6.54 Å². The van der Waals surface area contributed by atoms with E-state index >= 15 is 0 Å². The van der Waals surface area contributed by atoms with Crippen LogP contribution in [0.2, 0.25) is 0 Å². The SMILES string of the molecule is CC(C)(C)OC(=O)CCNC(=O)c1ccc(-c2cccnc2)cc1. The quantitative estimate of drug-likeness (QED) is 0.857. The van der Waals surface area contributed by atoms with Gasteiger partial charge >= 0.3 is 5.97 Å². The summed E-state index contributed by atoms with van der Waals surface area (Å²) < 4.78 is 5.19. The van der Waals surface area contributed by atoms with Crippen LogP contribution in [-0.2, 0) is 9.53 Å². The highest BCUT2D eigenvalue weighted by atomic mass is 16.6. The number of carbonyl (C=O) groups is 2. The Morgan fingerprint density at radius 1 is 1.08 bits per heavy atom. The molecule has 2 rings (SSSR count). The van der Waals surface area contributed by atoms with Crippen LogP contribution in [0.5, 0.6) is 0 Å². The van der Waals surface area contributed by atoms with Crippen molar-refractivity contribution in [2.45, 2.75) is 32.8 Å². The highest BCUT2D eigenvalue weighted by Crippen LogP contribution is 2.18. The molecule has 0 fully saturated rings. The molecule has 0 saturated carbocycles. The molecule has 1 aromatic carbocycles. The second-order valence-corrected chi connectivity index (χ2v) is 6.41. The molecule has 5 heteroatoms. The lowest BCUT2D eigenvalue weighted by Crippen LogP contribution is -2.29. The molecule has 2 aromatic rings. The molecule has 1 amide bonds. The molecule has 0 unspecified atom stereocenters. The van der Waals surface area contributed by atoms with Crippen LogP contribution < -0.4 is 5.32 Å². The van der Waals surface area contributed by atoms with Gasteiger partial charge in [0.1, 0.15) is 5.60 Å². The first-order valence-electron chi connectivity index (χ1n) is 7.86. The molecule has 5 nitrogen and oxygen atoms in total.